The summed E-state index contributed by atoms with van der Waals surface area (Å²) < 4.78 is 0. The van der Waals surface area contributed by atoms with E-state index in [1.807, 2.05) is 13.8 Å². The van der Waals surface area contributed by atoms with Crippen LogP contribution in [0.1, 0.15) is 26.7 Å². The summed E-state index contributed by atoms with van der Waals surface area (Å²) in [6.07, 6.45) is 1.93. The topological polar surface area (TPSA) is 56.1 Å². The van der Waals surface area contributed by atoms with E-state index in [0.717, 1.165) is 19.4 Å². The fourth-order valence-electron chi connectivity index (χ4n) is 2.03. The van der Waals surface area contributed by atoms with E-state index in [-0.39, 0.29) is 11.8 Å². The first-order valence-electron chi connectivity index (χ1n) is 5.40. The summed E-state index contributed by atoms with van der Waals surface area (Å²) in [7, 11) is 1.77. The largest absolute Gasteiger partial charge is 0.343 e. The number of nitrogens with one attached hydrogen (secondary N) is 1. The first-order valence-corrected chi connectivity index (χ1v) is 5.40. The number of likely N-dealkylation sites (N-methyl/N-ethyl adjacent to an activating group) is 1. The van der Waals surface area contributed by atoms with Gasteiger partial charge in [-0.25, -0.2) is 0 Å². The van der Waals surface area contributed by atoms with E-state index in [1.54, 1.807) is 11.9 Å². The first kappa shape index (κ1) is 12.0. The van der Waals surface area contributed by atoms with Gasteiger partial charge in [-0.3, -0.25) is 4.79 Å². The molecule has 4 heteroatoms. The average Bonchev–Trinajstić information content (AvgIpc) is 2.65. The Morgan fingerprint density at radius 1 is 1.73 bits per heavy atom. The highest BCUT2D eigenvalue weighted by atomic mass is 16.2. The number of carbonyl (C=O) groups excluding carboxylic acids is 1. The smallest absolute Gasteiger partial charge is 0.242 e. The average molecular weight is 209 g/mol. The molecule has 1 N–H and O–H groups in total. The highest BCUT2D eigenvalue weighted by Crippen LogP contribution is 2.21. The molecule has 2 unspecified atom stereocenters. The Kier molecular flexibility index (Phi) is 3.70. The van der Waals surface area contributed by atoms with Gasteiger partial charge in [0.25, 0.3) is 0 Å². The molecule has 4 nitrogen and oxygen atoms in total. The van der Waals surface area contributed by atoms with Crippen molar-refractivity contribution in [1.29, 1.82) is 5.26 Å². The van der Waals surface area contributed by atoms with Crippen LogP contribution in [0.15, 0.2) is 0 Å². The number of nitriles is 1. The van der Waals surface area contributed by atoms with Crippen molar-refractivity contribution in [3.63, 3.8) is 0 Å². The van der Waals surface area contributed by atoms with E-state index in [0.29, 0.717) is 6.54 Å². The van der Waals surface area contributed by atoms with Crippen molar-refractivity contribution >= 4 is 5.91 Å². The molecule has 15 heavy (non-hydrogen) atoms. The van der Waals surface area contributed by atoms with Gasteiger partial charge in [0.05, 0.1) is 17.5 Å². The molecule has 0 spiro atoms. The van der Waals surface area contributed by atoms with Gasteiger partial charge < -0.3 is 10.2 Å². The molecular formula is C11H19N3O. The maximum Gasteiger partial charge on any atom is 0.242 e. The summed E-state index contributed by atoms with van der Waals surface area (Å²) >= 11 is 0. The Morgan fingerprint density at radius 3 is 2.87 bits per heavy atom. The third kappa shape index (κ3) is 2.69. The maximum atomic E-state index is 12.1. The third-order valence-electron chi connectivity index (χ3n) is 2.96. The zero-order chi connectivity index (χ0) is 11.5. The molecule has 84 valence electrons. The zero-order valence-corrected chi connectivity index (χ0v) is 9.71. The lowest BCUT2D eigenvalue weighted by Gasteiger charge is -2.29. The molecule has 0 aromatic carbocycles. The van der Waals surface area contributed by atoms with E-state index in [1.165, 1.54) is 0 Å². The zero-order valence-electron chi connectivity index (χ0n) is 9.71. The Balaban J connectivity index is 2.56. The van der Waals surface area contributed by atoms with Crippen LogP contribution in [0.4, 0.5) is 0 Å². The van der Waals surface area contributed by atoms with E-state index in [2.05, 4.69) is 11.4 Å². The molecule has 1 fully saturated rings. The molecule has 1 amide bonds. The molecule has 2 atom stereocenters. The summed E-state index contributed by atoms with van der Waals surface area (Å²) in [6, 6.07) is 2.14. The lowest BCUT2D eigenvalue weighted by atomic mass is 9.98. The van der Waals surface area contributed by atoms with Crippen molar-refractivity contribution in [2.45, 2.75) is 32.2 Å². The molecule has 1 rings (SSSR count). The third-order valence-corrected chi connectivity index (χ3v) is 2.96. The molecule has 0 bridgehead atoms. The Hall–Kier alpha value is -1.08. The highest BCUT2D eigenvalue weighted by molar-refractivity contribution is 5.86. The second-order valence-electron chi connectivity index (χ2n) is 4.58. The number of carbonyl (C=O) groups is 1. The van der Waals surface area contributed by atoms with Crippen molar-refractivity contribution in [1.82, 2.24) is 10.2 Å². The van der Waals surface area contributed by atoms with Crippen LogP contribution in [-0.4, -0.2) is 36.5 Å². The van der Waals surface area contributed by atoms with Crippen molar-refractivity contribution < 1.29 is 4.79 Å². The summed E-state index contributed by atoms with van der Waals surface area (Å²) in [5.74, 6) is -0.00828. The van der Waals surface area contributed by atoms with E-state index in [9.17, 15) is 4.79 Å². The SMILES string of the molecule is CC(C#N)CN(C)C(=O)C1(C)CCCN1. The first-order chi connectivity index (χ1) is 6.99. The van der Waals surface area contributed by atoms with Gasteiger partial charge in [-0.1, -0.05) is 0 Å². The molecule has 1 aliphatic heterocycles. The van der Waals surface area contributed by atoms with Gasteiger partial charge in [-0.15, -0.1) is 0 Å². The standard InChI is InChI=1S/C11H19N3O/c1-9(7-12)8-14(3)10(15)11(2)5-4-6-13-11/h9,13H,4-6,8H2,1-3H3. The molecule has 1 saturated heterocycles. The van der Waals surface area contributed by atoms with E-state index < -0.39 is 5.54 Å². The van der Waals surface area contributed by atoms with Crippen LogP contribution in [0, 0.1) is 17.2 Å². The Bertz CT molecular complexity index is 276. The maximum absolute atomic E-state index is 12.1. The molecule has 1 heterocycles. The number of rotatable bonds is 3. The van der Waals surface area contributed by atoms with E-state index in [4.69, 9.17) is 5.26 Å². The second kappa shape index (κ2) is 4.63. The molecule has 0 aromatic heterocycles. The van der Waals surface area contributed by atoms with Gasteiger partial charge in [0, 0.05) is 13.6 Å². The predicted molar refractivity (Wildman–Crippen MR) is 58.1 cm³/mol. The van der Waals surface area contributed by atoms with Gasteiger partial charge in [-0.05, 0) is 33.2 Å². The van der Waals surface area contributed by atoms with Crippen LogP contribution in [0.2, 0.25) is 0 Å². The molecule has 0 radical (unpaired) electrons. The lowest BCUT2D eigenvalue weighted by Crippen LogP contribution is -2.52. The number of amides is 1. The molecular weight excluding hydrogens is 190 g/mol. The minimum atomic E-state index is -0.413. The normalized spacial score (nSPS) is 27.1. The Labute approximate surface area is 91.2 Å². The van der Waals surface area contributed by atoms with Gasteiger partial charge in [-0.2, -0.15) is 5.26 Å². The van der Waals surface area contributed by atoms with Crippen molar-refractivity contribution in [3.05, 3.63) is 0 Å². The predicted octanol–water partition coefficient (Wildman–Crippen LogP) is 0.747. The van der Waals surface area contributed by atoms with Crippen molar-refractivity contribution in [2.24, 2.45) is 5.92 Å². The minimum absolute atomic E-state index is 0.0992. The van der Waals surface area contributed by atoms with Gasteiger partial charge in [0.2, 0.25) is 5.91 Å². The summed E-state index contributed by atoms with van der Waals surface area (Å²) in [5, 5.41) is 11.9. The monoisotopic (exact) mass is 209 g/mol. The lowest BCUT2D eigenvalue weighted by molar-refractivity contribution is -0.136. The van der Waals surface area contributed by atoms with Crippen LogP contribution < -0.4 is 5.32 Å². The number of hydrogen-bond acceptors (Lipinski definition) is 3. The number of hydrogen-bond donors (Lipinski definition) is 1. The molecule has 0 aromatic rings. The van der Waals surface area contributed by atoms with E-state index >= 15 is 0 Å². The van der Waals surface area contributed by atoms with Crippen molar-refractivity contribution in [2.75, 3.05) is 20.1 Å². The van der Waals surface area contributed by atoms with Crippen LogP contribution >= 0.6 is 0 Å². The summed E-state index contributed by atoms with van der Waals surface area (Å²) in [4.78, 5) is 13.7. The number of nitrogens with zero attached hydrogens (tertiary/aromatic N) is 2. The van der Waals surface area contributed by atoms with Gasteiger partial charge in [0.1, 0.15) is 0 Å². The Morgan fingerprint density at radius 2 is 2.40 bits per heavy atom. The quantitative estimate of drug-likeness (QED) is 0.746. The molecule has 0 aliphatic carbocycles. The summed E-state index contributed by atoms with van der Waals surface area (Å²) in [6.45, 7) is 5.18. The fourth-order valence-corrected chi connectivity index (χ4v) is 2.03. The second-order valence-corrected chi connectivity index (χ2v) is 4.58. The molecule has 0 saturated carbocycles. The minimum Gasteiger partial charge on any atom is -0.343 e. The van der Waals surface area contributed by atoms with Gasteiger partial charge >= 0.3 is 0 Å². The highest BCUT2D eigenvalue weighted by Gasteiger charge is 2.37. The van der Waals surface area contributed by atoms with Crippen LogP contribution in [0.25, 0.3) is 0 Å². The molecule has 1 aliphatic rings. The van der Waals surface area contributed by atoms with Crippen LogP contribution in [0.5, 0.6) is 0 Å². The van der Waals surface area contributed by atoms with Gasteiger partial charge in [0.15, 0.2) is 0 Å². The van der Waals surface area contributed by atoms with Crippen LogP contribution in [0.3, 0.4) is 0 Å². The van der Waals surface area contributed by atoms with Crippen LogP contribution in [-0.2, 0) is 4.79 Å². The fraction of sp³-hybridized carbons (Fsp3) is 0.818. The summed E-state index contributed by atoms with van der Waals surface area (Å²) in [5.41, 5.74) is -0.413. The van der Waals surface area contributed by atoms with Crippen molar-refractivity contribution in [3.8, 4) is 6.07 Å².